The molecule has 1 N–H and O–H groups in total. The Kier molecular flexibility index (Phi) is 6.19. The van der Waals surface area contributed by atoms with Gasteiger partial charge in [0.15, 0.2) is 0 Å². The zero-order valence-corrected chi connectivity index (χ0v) is 14.8. The van der Waals surface area contributed by atoms with E-state index in [0.717, 1.165) is 31.5 Å². The third-order valence-corrected chi connectivity index (χ3v) is 6.27. The van der Waals surface area contributed by atoms with Crippen molar-refractivity contribution < 1.29 is 17.6 Å². The highest BCUT2D eigenvalue weighted by molar-refractivity contribution is 7.89. The van der Waals surface area contributed by atoms with Gasteiger partial charge in [0.2, 0.25) is 15.9 Å². The Balaban J connectivity index is 0.00000208. The molecule has 0 aromatic heterocycles. The first-order valence-corrected chi connectivity index (χ1v) is 9.20. The minimum absolute atomic E-state index is 0. The summed E-state index contributed by atoms with van der Waals surface area (Å²) in [5.74, 6) is -0.412. The highest BCUT2D eigenvalue weighted by Crippen LogP contribution is 2.19. The lowest BCUT2D eigenvalue weighted by molar-refractivity contribution is -0.134. The Morgan fingerprint density at radius 2 is 1.75 bits per heavy atom. The van der Waals surface area contributed by atoms with Crippen molar-refractivity contribution in [1.82, 2.24) is 14.5 Å². The minimum Gasteiger partial charge on any atom is -0.339 e. The van der Waals surface area contributed by atoms with Gasteiger partial charge in [-0.2, -0.15) is 4.31 Å². The minimum atomic E-state index is -3.63. The molecule has 2 heterocycles. The van der Waals surface area contributed by atoms with Gasteiger partial charge < -0.3 is 10.2 Å². The Hall–Kier alpha value is -1.22. The van der Waals surface area contributed by atoms with E-state index in [1.54, 1.807) is 4.90 Å². The van der Waals surface area contributed by atoms with Gasteiger partial charge >= 0.3 is 0 Å². The monoisotopic (exact) mass is 377 g/mol. The summed E-state index contributed by atoms with van der Waals surface area (Å²) in [5, 5.41) is 3.17. The molecule has 2 fully saturated rings. The molecule has 6 nitrogen and oxygen atoms in total. The summed E-state index contributed by atoms with van der Waals surface area (Å²) in [4.78, 5) is 14.1. The summed E-state index contributed by atoms with van der Waals surface area (Å²) in [6.07, 6.45) is 1.84. The third kappa shape index (κ3) is 3.88. The van der Waals surface area contributed by atoms with Gasteiger partial charge in [0.05, 0.1) is 10.9 Å². The van der Waals surface area contributed by atoms with Gasteiger partial charge in [-0.25, -0.2) is 12.8 Å². The predicted octanol–water partition coefficient (Wildman–Crippen LogP) is 0.832. The predicted molar refractivity (Wildman–Crippen MR) is 90.0 cm³/mol. The van der Waals surface area contributed by atoms with Crippen LogP contribution >= 0.6 is 12.4 Å². The average Bonchev–Trinajstić information content (AvgIpc) is 3.09. The van der Waals surface area contributed by atoms with E-state index in [9.17, 15) is 17.6 Å². The number of nitrogens with one attached hydrogen (secondary N) is 1. The van der Waals surface area contributed by atoms with Crippen molar-refractivity contribution in [3.63, 3.8) is 0 Å². The van der Waals surface area contributed by atoms with Crippen LogP contribution in [0.3, 0.4) is 0 Å². The van der Waals surface area contributed by atoms with Crippen LogP contribution < -0.4 is 5.32 Å². The number of hydrogen-bond donors (Lipinski definition) is 1. The number of amides is 1. The van der Waals surface area contributed by atoms with Gasteiger partial charge in [0, 0.05) is 26.2 Å². The smallest absolute Gasteiger partial charge is 0.243 e. The summed E-state index contributed by atoms with van der Waals surface area (Å²) >= 11 is 0. The number of nitrogens with zero attached hydrogens (tertiary/aromatic N) is 2. The summed E-state index contributed by atoms with van der Waals surface area (Å²) in [6, 6.07) is 4.68. The fraction of sp³-hybridized carbons (Fsp3) is 0.533. The lowest BCUT2D eigenvalue weighted by Crippen LogP contribution is -2.54. The van der Waals surface area contributed by atoms with Crippen LogP contribution in [-0.2, 0) is 14.8 Å². The van der Waals surface area contributed by atoms with E-state index < -0.39 is 15.8 Å². The zero-order valence-electron chi connectivity index (χ0n) is 13.2. The number of halogens is 2. The highest BCUT2D eigenvalue weighted by Gasteiger charge is 2.33. The maximum Gasteiger partial charge on any atom is 0.243 e. The van der Waals surface area contributed by atoms with Crippen molar-refractivity contribution in [1.29, 1.82) is 0 Å². The molecule has 2 aliphatic heterocycles. The van der Waals surface area contributed by atoms with Crippen LogP contribution in [-0.4, -0.2) is 62.3 Å². The molecule has 1 unspecified atom stereocenters. The van der Waals surface area contributed by atoms with Crippen molar-refractivity contribution in [2.75, 3.05) is 32.7 Å². The maximum absolute atomic E-state index is 12.9. The second kappa shape index (κ2) is 7.77. The molecule has 2 saturated heterocycles. The number of sulfonamides is 1. The molecule has 24 heavy (non-hydrogen) atoms. The summed E-state index contributed by atoms with van der Waals surface area (Å²) in [6.45, 7) is 2.15. The molecule has 0 aliphatic carbocycles. The van der Waals surface area contributed by atoms with Crippen molar-refractivity contribution in [3.05, 3.63) is 30.1 Å². The number of piperazine rings is 1. The van der Waals surface area contributed by atoms with E-state index in [4.69, 9.17) is 0 Å². The Labute approximate surface area is 147 Å². The largest absolute Gasteiger partial charge is 0.339 e. The van der Waals surface area contributed by atoms with Crippen LogP contribution in [0.1, 0.15) is 12.8 Å². The van der Waals surface area contributed by atoms with Crippen molar-refractivity contribution in [2.45, 2.75) is 23.8 Å². The van der Waals surface area contributed by atoms with E-state index in [0.29, 0.717) is 13.1 Å². The summed E-state index contributed by atoms with van der Waals surface area (Å²) < 4.78 is 39.3. The first-order chi connectivity index (χ1) is 11.0. The molecule has 134 valence electrons. The lowest BCUT2D eigenvalue weighted by atomic mass is 10.2. The van der Waals surface area contributed by atoms with Gasteiger partial charge in [-0.05, 0) is 43.7 Å². The van der Waals surface area contributed by atoms with Crippen LogP contribution in [0.4, 0.5) is 4.39 Å². The highest BCUT2D eigenvalue weighted by atomic mass is 35.5. The number of hydrogen-bond acceptors (Lipinski definition) is 4. The van der Waals surface area contributed by atoms with E-state index in [1.807, 2.05) is 0 Å². The van der Waals surface area contributed by atoms with Gasteiger partial charge in [-0.3, -0.25) is 4.79 Å². The first kappa shape index (κ1) is 19.1. The molecule has 1 aromatic rings. The Morgan fingerprint density at radius 1 is 1.12 bits per heavy atom. The molecular formula is C15H21ClFN3O3S. The van der Waals surface area contributed by atoms with Crippen LogP contribution in [0.15, 0.2) is 29.2 Å². The van der Waals surface area contributed by atoms with Gasteiger partial charge in [0.1, 0.15) is 5.82 Å². The Bertz CT molecular complexity index is 670. The van der Waals surface area contributed by atoms with Gasteiger partial charge in [0.25, 0.3) is 0 Å². The van der Waals surface area contributed by atoms with E-state index >= 15 is 0 Å². The normalized spacial score (nSPS) is 22.2. The van der Waals surface area contributed by atoms with Crippen molar-refractivity contribution in [3.8, 4) is 0 Å². The van der Waals surface area contributed by atoms with E-state index in [-0.39, 0.29) is 42.3 Å². The quantitative estimate of drug-likeness (QED) is 0.847. The molecule has 0 bridgehead atoms. The van der Waals surface area contributed by atoms with Gasteiger partial charge in [-0.15, -0.1) is 12.4 Å². The number of rotatable bonds is 3. The number of benzene rings is 1. The van der Waals surface area contributed by atoms with Crippen LogP contribution in [0.5, 0.6) is 0 Å². The molecular weight excluding hydrogens is 357 g/mol. The maximum atomic E-state index is 12.9. The fourth-order valence-corrected chi connectivity index (χ4v) is 4.44. The first-order valence-electron chi connectivity index (χ1n) is 7.76. The average molecular weight is 378 g/mol. The molecule has 1 amide bonds. The second-order valence-corrected chi connectivity index (χ2v) is 7.77. The zero-order chi connectivity index (χ0) is 16.4. The fourth-order valence-electron chi connectivity index (χ4n) is 3.02. The molecule has 0 spiro atoms. The third-order valence-electron chi connectivity index (χ3n) is 4.36. The molecule has 1 atom stereocenters. The topological polar surface area (TPSA) is 69.7 Å². The Morgan fingerprint density at radius 3 is 2.29 bits per heavy atom. The summed E-state index contributed by atoms with van der Waals surface area (Å²) in [7, 11) is -3.63. The SMILES string of the molecule is Cl.O=C(C1CCCN1)N1CCN(S(=O)(=O)c2ccc(F)cc2)CC1. The second-order valence-electron chi connectivity index (χ2n) is 5.83. The van der Waals surface area contributed by atoms with E-state index in [1.165, 1.54) is 16.4 Å². The van der Waals surface area contributed by atoms with Crippen LogP contribution in [0, 0.1) is 5.82 Å². The number of carbonyl (C=O) groups is 1. The molecule has 3 rings (SSSR count). The van der Waals surface area contributed by atoms with Gasteiger partial charge in [-0.1, -0.05) is 0 Å². The molecule has 0 saturated carbocycles. The summed E-state index contributed by atoms with van der Waals surface area (Å²) in [5.41, 5.74) is 0. The standard InChI is InChI=1S/C15H20FN3O3S.ClH/c16-12-3-5-13(6-4-12)23(21,22)19-10-8-18(9-11-19)15(20)14-2-1-7-17-14;/h3-6,14,17H,1-2,7-11H2;1H. The molecule has 1 aromatic carbocycles. The molecule has 9 heteroatoms. The van der Waals surface area contributed by atoms with Crippen LogP contribution in [0.25, 0.3) is 0 Å². The van der Waals surface area contributed by atoms with Crippen molar-refractivity contribution >= 4 is 28.3 Å². The van der Waals surface area contributed by atoms with E-state index in [2.05, 4.69) is 5.32 Å². The van der Waals surface area contributed by atoms with Crippen LogP contribution in [0.2, 0.25) is 0 Å². The van der Waals surface area contributed by atoms with Crippen molar-refractivity contribution in [2.24, 2.45) is 0 Å². The molecule has 2 aliphatic rings. The molecule has 0 radical (unpaired) electrons. The lowest BCUT2D eigenvalue weighted by Gasteiger charge is -2.35. The number of carbonyl (C=O) groups excluding carboxylic acids is 1.